The molecule has 0 amide bonds. The van der Waals surface area contributed by atoms with Crippen molar-refractivity contribution in [1.82, 2.24) is 9.36 Å². The Hall–Kier alpha value is -1.03. The maximum Gasteiger partial charge on any atom is 0.285 e. The van der Waals surface area contributed by atoms with Crippen molar-refractivity contribution < 1.29 is 0 Å². The molecule has 0 spiro atoms. The molecule has 3 nitrogen and oxygen atoms in total. The molecule has 0 fully saturated rings. The lowest BCUT2D eigenvalue weighted by atomic mass is 10.1. The Morgan fingerprint density at radius 2 is 2.19 bits per heavy atom. The van der Waals surface area contributed by atoms with Gasteiger partial charge in [0.1, 0.15) is 4.47 Å². The van der Waals surface area contributed by atoms with Crippen LogP contribution in [0.5, 0.6) is 0 Å². The molecule has 0 aromatic carbocycles. The van der Waals surface area contributed by atoms with E-state index in [0.717, 1.165) is 30.7 Å². The second kappa shape index (κ2) is 4.45. The van der Waals surface area contributed by atoms with E-state index >= 15 is 0 Å². The van der Waals surface area contributed by atoms with Crippen LogP contribution in [0.15, 0.2) is 27.5 Å². The summed E-state index contributed by atoms with van der Waals surface area (Å²) in [5.41, 5.74) is 2.03. The monoisotopic (exact) mass is 282 g/mol. The number of allylic oxidation sites excluding steroid dienone is 4. The van der Waals surface area contributed by atoms with Gasteiger partial charge < -0.3 is 0 Å². The summed E-state index contributed by atoms with van der Waals surface area (Å²) < 4.78 is 4.32. The topological polar surface area (TPSA) is 26.9 Å². The van der Waals surface area contributed by atoms with Gasteiger partial charge in [0.2, 0.25) is 0 Å². The zero-order valence-corrected chi connectivity index (χ0v) is 11.1. The maximum atomic E-state index is 12.1. The van der Waals surface area contributed by atoms with Gasteiger partial charge in [0.05, 0.1) is 11.4 Å². The first-order valence-electron chi connectivity index (χ1n) is 5.50. The molecule has 0 atom stereocenters. The Kier molecular flexibility index (Phi) is 3.19. The molecule has 0 N–H and O–H groups in total. The Morgan fingerprint density at radius 1 is 1.44 bits per heavy atom. The molecule has 1 heterocycles. The highest BCUT2D eigenvalue weighted by Crippen LogP contribution is 2.18. The summed E-state index contributed by atoms with van der Waals surface area (Å²) in [7, 11) is 1.92. The predicted molar refractivity (Wildman–Crippen MR) is 69.4 cm³/mol. The van der Waals surface area contributed by atoms with Crippen LogP contribution in [-0.4, -0.2) is 9.36 Å². The molecule has 0 saturated carbocycles. The van der Waals surface area contributed by atoms with Crippen LogP contribution < -0.4 is 5.56 Å². The first kappa shape index (κ1) is 11.5. The molecule has 0 radical (unpaired) electrons. The standard InChI is InChI=1S/C12H15BrN2O/c1-3-10-11(13)12(16)15(14(10)2)9-7-5-4-6-8-9/h5,7-8H,3-4,6H2,1-2H3. The highest BCUT2D eigenvalue weighted by molar-refractivity contribution is 9.10. The van der Waals surface area contributed by atoms with Gasteiger partial charge in [0.25, 0.3) is 5.56 Å². The summed E-state index contributed by atoms with van der Waals surface area (Å²) in [4.78, 5) is 12.1. The Balaban J connectivity index is 2.61. The molecule has 0 saturated heterocycles. The van der Waals surface area contributed by atoms with Crippen LogP contribution in [-0.2, 0) is 13.5 Å². The van der Waals surface area contributed by atoms with Crippen LogP contribution in [0.2, 0.25) is 0 Å². The van der Waals surface area contributed by atoms with Gasteiger partial charge in [-0.3, -0.25) is 9.48 Å². The molecule has 1 aromatic heterocycles. The summed E-state index contributed by atoms with van der Waals surface area (Å²) in [6.07, 6.45) is 9.13. The van der Waals surface area contributed by atoms with Crippen molar-refractivity contribution in [2.24, 2.45) is 7.05 Å². The van der Waals surface area contributed by atoms with Gasteiger partial charge in [0, 0.05) is 7.05 Å². The van der Waals surface area contributed by atoms with Crippen molar-refractivity contribution in [3.8, 4) is 0 Å². The van der Waals surface area contributed by atoms with Crippen molar-refractivity contribution in [2.45, 2.75) is 26.2 Å². The highest BCUT2D eigenvalue weighted by atomic mass is 79.9. The molecule has 2 rings (SSSR count). The molecular formula is C12H15BrN2O. The van der Waals surface area contributed by atoms with Gasteiger partial charge in [-0.2, -0.15) is 0 Å². The van der Waals surface area contributed by atoms with E-state index in [0.29, 0.717) is 4.47 Å². The summed E-state index contributed by atoms with van der Waals surface area (Å²) in [5, 5.41) is 0. The molecule has 86 valence electrons. The third-order valence-electron chi connectivity index (χ3n) is 2.88. The minimum absolute atomic E-state index is 0.0251. The third kappa shape index (κ3) is 1.71. The predicted octanol–water partition coefficient (Wildman–Crippen LogP) is 2.70. The number of aromatic nitrogens is 2. The average molecular weight is 283 g/mol. The van der Waals surface area contributed by atoms with Crippen LogP contribution in [0.25, 0.3) is 5.70 Å². The fourth-order valence-electron chi connectivity index (χ4n) is 2.05. The van der Waals surface area contributed by atoms with Crippen molar-refractivity contribution >= 4 is 21.6 Å². The zero-order chi connectivity index (χ0) is 11.7. The first-order chi connectivity index (χ1) is 7.66. The molecular weight excluding hydrogens is 268 g/mol. The number of hydrogen-bond donors (Lipinski definition) is 0. The van der Waals surface area contributed by atoms with Gasteiger partial charge in [-0.25, -0.2) is 4.68 Å². The number of hydrogen-bond acceptors (Lipinski definition) is 1. The third-order valence-corrected chi connectivity index (χ3v) is 3.68. The number of halogens is 1. The molecule has 1 aromatic rings. The van der Waals surface area contributed by atoms with E-state index in [-0.39, 0.29) is 5.56 Å². The average Bonchev–Trinajstić information content (AvgIpc) is 2.51. The van der Waals surface area contributed by atoms with Crippen molar-refractivity contribution in [1.29, 1.82) is 0 Å². The summed E-state index contributed by atoms with van der Waals surface area (Å²) >= 11 is 3.37. The Bertz CT molecular complexity index is 520. The van der Waals surface area contributed by atoms with Crippen molar-refractivity contribution in [3.63, 3.8) is 0 Å². The summed E-state index contributed by atoms with van der Waals surface area (Å²) in [6, 6.07) is 0. The molecule has 1 aliphatic carbocycles. The molecule has 4 heteroatoms. The van der Waals surface area contributed by atoms with E-state index < -0.39 is 0 Å². The quantitative estimate of drug-likeness (QED) is 0.819. The summed E-state index contributed by atoms with van der Waals surface area (Å²) in [5.74, 6) is 0. The van der Waals surface area contributed by atoms with Crippen LogP contribution >= 0.6 is 15.9 Å². The second-order valence-electron chi connectivity index (χ2n) is 3.86. The van der Waals surface area contributed by atoms with Crippen LogP contribution in [0, 0.1) is 0 Å². The van der Waals surface area contributed by atoms with Gasteiger partial charge in [0.15, 0.2) is 0 Å². The van der Waals surface area contributed by atoms with Crippen molar-refractivity contribution in [2.75, 3.05) is 0 Å². The normalized spacial score (nSPS) is 15.3. The smallest absolute Gasteiger partial charge is 0.284 e. The maximum absolute atomic E-state index is 12.1. The fraction of sp³-hybridized carbons (Fsp3) is 0.417. The van der Waals surface area contributed by atoms with Crippen LogP contribution in [0.1, 0.15) is 25.5 Å². The van der Waals surface area contributed by atoms with E-state index in [1.54, 1.807) is 4.68 Å². The van der Waals surface area contributed by atoms with E-state index in [4.69, 9.17) is 0 Å². The molecule has 16 heavy (non-hydrogen) atoms. The van der Waals surface area contributed by atoms with Gasteiger partial charge in [-0.15, -0.1) is 0 Å². The van der Waals surface area contributed by atoms with Crippen molar-refractivity contribution in [3.05, 3.63) is 38.7 Å². The van der Waals surface area contributed by atoms with Crippen LogP contribution in [0.3, 0.4) is 0 Å². The highest BCUT2D eigenvalue weighted by Gasteiger charge is 2.16. The van der Waals surface area contributed by atoms with Gasteiger partial charge in [-0.1, -0.05) is 19.1 Å². The first-order valence-corrected chi connectivity index (χ1v) is 6.29. The number of rotatable bonds is 2. The van der Waals surface area contributed by atoms with E-state index in [1.807, 2.05) is 17.8 Å². The molecule has 1 aliphatic rings. The van der Waals surface area contributed by atoms with E-state index in [9.17, 15) is 4.79 Å². The fourth-order valence-corrected chi connectivity index (χ4v) is 2.75. The van der Waals surface area contributed by atoms with E-state index in [2.05, 4.69) is 35.0 Å². The molecule has 0 aliphatic heterocycles. The molecule has 0 bridgehead atoms. The lowest BCUT2D eigenvalue weighted by Crippen LogP contribution is -2.21. The van der Waals surface area contributed by atoms with Crippen LogP contribution in [0.4, 0.5) is 0 Å². The van der Waals surface area contributed by atoms with Gasteiger partial charge in [-0.05, 0) is 41.3 Å². The SMILES string of the molecule is CCc1c(Br)c(=O)n(C2=CCCC=C2)n1C. The Morgan fingerprint density at radius 3 is 2.69 bits per heavy atom. The van der Waals surface area contributed by atoms with E-state index in [1.165, 1.54) is 0 Å². The minimum Gasteiger partial charge on any atom is -0.284 e. The second-order valence-corrected chi connectivity index (χ2v) is 4.66. The molecule has 0 unspecified atom stereocenters. The zero-order valence-electron chi connectivity index (χ0n) is 9.53. The summed E-state index contributed by atoms with van der Waals surface area (Å²) in [6.45, 7) is 2.05. The van der Waals surface area contributed by atoms with Gasteiger partial charge >= 0.3 is 0 Å². The lowest BCUT2D eigenvalue weighted by molar-refractivity contribution is 0.629. The largest absolute Gasteiger partial charge is 0.285 e. The number of nitrogens with zero attached hydrogens (tertiary/aromatic N) is 2. The lowest BCUT2D eigenvalue weighted by Gasteiger charge is -2.12. The Labute approximate surface area is 103 Å². The minimum atomic E-state index is 0.0251.